The molecular formula is C15H18N2O2. The van der Waals surface area contributed by atoms with Gasteiger partial charge in [-0.1, -0.05) is 31.9 Å². The Morgan fingerprint density at radius 3 is 2.63 bits per heavy atom. The summed E-state index contributed by atoms with van der Waals surface area (Å²) in [5, 5.41) is 5.32. The van der Waals surface area contributed by atoms with Crippen molar-refractivity contribution in [1.29, 1.82) is 0 Å². The molecule has 0 saturated heterocycles. The van der Waals surface area contributed by atoms with E-state index in [0.29, 0.717) is 17.7 Å². The summed E-state index contributed by atoms with van der Waals surface area (Å²) in [5.41, 5.74) is 0.914. The number of amides is 2. The molecule has 100 valence electrons. The van der Waals surface area contributed by atoms with Crippen LogP contribution in [-0.4, -0.2) is 18.4 Å². The van der Waals surface area contributed by atoms with Crippen molar-refractivity contribution in [3.63, 3.8) is 0 Å². The Morgan fingerprint density at radius 2 is 2.00 bits per heavy atom. The molecule has 2 amide bonds. The number of para-hydroxylation sites is 1. The van der Waals surface area contributed by atoms with Gasteiger partial charge < -0.3 is 10.6 Å². The first kappa shape index (κ1) is 14.8. The maximum atomic E-state index is 11.9. The topological polar surface area (TPSA) is 58.2 Å². The highest BCUT2D eigenvalue weighted by molar-refractivity contribution is 6.03. The standard InChI is InChI=1S/C15H18N2O2/c1-4-9-16-15(19)12-7-5-6-8-13(12)17-14(18)10-11(2)3/h1,5-8,11H,9-10H2,2-3H3,(H,16,19)(H,17,18). The molecule has 4 nitrogen and oxygen atoms in total. The number of carbonyl (C=O) groups excluding carboxylic acids is 2. The second kappa shape index (κ2) is 7.22. The highest BCUT2D eigenvalue weighted by Gasteiger charge is 2.12. The molecule has 19 heavy (non-hydrogen) atoms. The molecule has 0 fully saturated rings. The normalized spacial score (nSPS) is 9.79. The summed E-state index contributed by atoms with van der Waals surface area (Å²) in [6.45, 7) is 4.09. The molecule has 0 heterocycles. The molecule has 2 N–H and O–H groups in total. The number of terminal acetylenes is 1. The number of hydrogen-bond acceptors (Lipinski definition) is 2. The number of anilines is 1. The summed E-state index contributed by atoms with van der Waals surface area (Å²) in [7, 11) is 0. The first-order valence-electron chi connectivity index (χ1n) is 6.15. The van der Waals surface area contributed by atoms with Crippen LogP contribution in [0.2, 0.25) is 0 Å². The van der Waals surface area contributed by atoms with Gasteiger partial charge in [-0.2, -0.15) is 0 Å². The Labute approximate surface area is 113 Å². The lowest BCUT2D eigenvalue weighted by Crippen LogP contribution is -2.25. The number of hydrogen-bond donors (Lipinski definition) is 2. The molecule has 0 bridgehead atoms. The molecular weight excluding hydrogens is 240 g/mol. The Hall–Kier alpha value is -2.28. The highest BCUT2D eigenvalue weighted by Crippen LogP contribution is 2.15. The maximum Gasteiger partial charge on any atom is 0.254 e. The molecule has 0 aliphatic heterocycles. The van der Waals surface area contributed by atoms with E-state index in [1.807, 2.05) is 13.8 Å². The van der Waals surface area contributed by atoms with Crippen LogP contribution < -0.4 is 10.6 Å². The van der Waals surface area contributed by atoms with Gasteiger partial charge in [0.05, 0.1) is 17.8 Å². The van der Waals surface area contributed by atoms with Crippen LogP contribution >= 0.6 is 0 Å². The van der Waals surface area contributed by atoms with E-state index in [1.54, 1.807) is 24.3 Å². The molecule has 0 atom stereocenters. The lowest BCUT2D eigenvalue weighted by atomic mass is 10.1. The van der Waals surface area contributed by atoms with Crippen LogP contribution in [0, 0.1) is 18.3 Å². The SMILES string of the molecule is C#CCNC(=O)c1ccccc1NC(=O)CC(C)C. The highest BCUT2D eigenvalue weighted by atomic mass is 16.2. The molecule has 0 saturated carbocycles. The fraction of sp³-hybridized carbons (Fsp3) is 0.333. The third kappa shape index (κ3) is 4.84. The van der Waals surface area contributed by atoms with Crippen LogP contribution in [0.4, 0.5) is 5.69 Å². The van der Waals surface area contributed by atoms with E-state index in [2.05, 4.69) is 16.6 Å². The first-order chi connectivity index (χ1) is 9.04. The lowest BCUT2D eigenvalue weighted by molar-refractivity contribution is -0.116. The van der Waals surface area contributed by atoms with Gasteiger partial charge in [-0.15, -0.1) is 6.42 Å². The minimum atomic E-state index is -0.293. The molecule has 1 aromatic rings. The molecule has 1 aromatic carbocycles. The average Bonchev–Trinajstić information content (AvgIpc) is 2.35. The van der Waals surface area contributed by atoms with Gasteiger partial charge in [-0.3, -0.25) is 9.59 Å². The maximum absolute atomic E-state index is 11.9. The van der Waals surface area contributed by atoms with Gasteiger partial charge in [-0.05, 0) is 18.1 Å². The average molecular weight is 258 g/mol. The van der Waals surface area contributed by atoms with Crippen LogP contribution in [0.25, 0.3) is 0 Å². The summed E-state index contributed by atoms with van der Waals surface area (Å²) in [6.07, 6.45) is 5.51. The molecule has 0 aromatic heterocycles. The van der Waals surface area contributed by atoms with Crippen LogP contribution in [0.1, 0.15) is 30.6 Å². The molecule has 0 aliphatic carbocycles. The predicted octanol–water partition coefficient (Wildman–Crippen LogP) is 2.03. The molecule has 4 heteroatoms. The fourth-order valence-electron chi connectivity index (χ4n) is 1.59. The Balaban J connectivity index is 2.81. The van der Waals surface area contributed by atoms with Gasteiger partial charge in [-0.25, -0.2) is 0 Å². The quantitative estimate of drug-likeness (QED) is 0.794. The second-order valence-corrected chi connectivity index (χ2v) is 4.58. The third-order valence-corrected chi connectivity index (χ3v) is 2.39. The third-order valence-electron chi connectivity index (χ3n) is 2.39. The summed E-state index contributed by atoms with van der Waals surface area (Å²) >= 11 is 0. The molecule has 0 aliphatic rings. The van der Waals surface area contributed by atoms with E-state index in [1.165, 1.54) is 0 Å². The van der Waals surface area contributed by atoms with Crippen molar-refractivity contribution in [2.45, 2.75) is 20.3 Å². The van der Waals surface area contributed by atoms with Crippen molar-refractivity contribution < 1.29 is 9.59 Å². The van der Waals surface area contributed by atoms with Gasteiger partial charge in [0, 0.05) is 6.42 Å². The van der Waals surface area contributed by atoms with Crippen molar-refractivity contribution in [2.24, 2.45) is 5.92 Å². The monoisotopic (exact) mass is 258 g/mol. The largest absolute Gasteiger partial charge is 0.341 e. The van der Waals surface area contributed by atoms with E-state index in [0.717, 1.165) is 0 Å². The molecule has 0 radical (unpaired) electrons. The van der Waals surface area contributed by atoms with Crippen LogP contribution in [0.3, 0.4) is 0 Å². The molecule has 1 rings (SSSR count). The van der Waals surface area contributed by atoms with Crippen molar-refractivity contribution >= 4 is 17.5 Å². The summed E-state index contributed by atoms with van der Waals surface area (Å²) in [6, 6.07) is 6.85. The van der Waals surface area contributed by atoms with E-state index in [-0.39, 0.29) is 24.3 Å². The second-order valence-electron chi connectivity index (χ2n) is 4.58. The Morgan fingerprint density at radius 1 is 1.32 bits per heavy atom. The first-order valence-corrected chi connectivity index (χ1v) is 6.15. The van der Waals surface area contributed by atoms with Gasteiger partial charge in [0.25, 0.3) is 5.91 Å². The molecule has 0 spiro atoms. The van der Waals surface area contributed by atoms with Gasteiger partial charge >= 0.3 is 0 Å². The zero-order chi connectivity index (χ0) is 14.3. The fourth-order valence-corrected chi connectivity index (χ4v) is 1.59. The van der Waals surface area contributed by atoms with Gasteiger partial charge in [0.15, 0.2) is 0 Å². The molecule has 0 unspecified atom stereocenters. The van der Waals surface area contributed by atoms with Crippen LogP contribution in [0.5, 0.6) is 0 Å². The van der Waals surface area contributed by atoms with E-state index < -0.39 is 0 Å². The summed E-state index contributed by atoms with van der Waals surface area (Å²) in [4.78, 5) is 23.6. The lowest BCUT2D eigenvalue weighted by Gasteiger charge is -2.11. The zero-order valence-corrected chi connectivity index (χ0v) is 11.2. The van der Waals surface area contributed by atoms with Crippen LogP contribution in [-0.2, 0) is 4.79 Å². The number of rotatable bonds is 5. The van der Waals surface area contributed by atoms with E-state index in [9.17, 15) is 9.59 Å². The van der Waals surface area contributed by atoms with Crippen molar-refractivity contribution in [3.8, 4) is 12.3 Å². The summed E-state index contributed by atoms with van der Waals surface area (Å²) in [5.74, 6) is 2.20. The Kier molecular flexibility index (Phi) is 5.62. The van der Waals surface area contributed by atoms with E-state index >= 15 is 0 Å². The van der Waals surface area contributed by atoms with Crippen LogP contribution in [0.15, 0.2) is 24.3 Å². The predicted molar refractivity (Wildman–Crippen MR) is 75.7 cm³/mol. The van der Waals surface area contributed by atoms with Crippen molar-refractivity contribution in [1.82, 2.24) is 5.32 Å². The van der Waals surface area contributed by atoms with Gasteiger partial charge in [0.2, 0.25) is 5.91 Å². The smallest absolute Gasteiger partial charge is 0.254 e. The minimum absolute atomic E-state index is 0.104. The minimum Gasteiger partial charge on any atom is -0.341 e. The summed E-state index contributed by atoms with van der Waals surface area (Å²) < 4.78 is 0. The van der Waals surface area contributed by atoms with Crippen molar-refractivity contribution in [2.75, 3.05) is 11.9 Å². The van der Waals surface area contributed by atoms with E-state index in [4.69, 9.17) is 6.42 Å². The van der Waals surface area contributed by atoms with Gasteiger partial charge in [0.1, 0.15) is 0 Å². The number of nitrogens with one attached hydrogen (secondary N) is 2. The number of carbonyl (C=O) groups is 2. The zero-order valence-electron chi connectivity index (χ0n) is 11.2. The Bertz CT molecular complexity index is 501. The number of benzene rings is 1. The van der Waals surface area contributed by atoms with Crippen molar-refractivity contribution in [3.05, 3.63) is 29.8 Å².